The molecule has 0 spiro atoms. The average molecular weight is 658 g/mol. The molecule has 0 saturated carbocycles. The van der Waals surface area contributed by atoms with Crippen molar-refractivity contribution in [2.24, 2.45) is 0 Å². The smallest absolute Gasteiger partial charge is 0.208 e. The predicted molar refractivity (Wildman–Crippen MR) is 202 cm³/mol. The van der Waals surface area contributed by atoms with E-state index in [1.165, 1.54) is 4.70 Å². The van der Waals surface area contributed by atoms with E-state index in [1.54, 1.807) is 53.8 Å². The summed E-state index contributed by atoms with van der Waals surface area (Å²) >= 11 is 8.29. The van der Waals surface area contributed by atoms with E-state index in [9.17, 15) is 1.37 Å². The molecule has 0 aliphatic carbocycles. The molecule has 0 aliphatic rings. The summed E-state index contributed by atoms with van der Waals surface area (Å²) in [7, 11) is 0. The predicted octanol–water partition coefficient (Wildman–Crippen LogP) is 12.4. The first-order valence-electron chi connectivity index (χ1n) is 18.3. The second-order valence-corrected chi connectivity index (χ2v) is 12.7. The van der Waals surface area contributed by atoms with Crippen LogP contribution in [0.15, 0.2) is 158 Å². The molecule has 0 N–H and O–H groups in total. The number of thiophene rings is 1. The molecular formula is C43H26ClN3S. The normalized spacial score (nSPS) is 13.2. The van der Waals surface area contributed by atoms with Crippen molar-refractivity contribution < 1.29 is 8.22 Å². The zero-order valence-corrected chi connectivity index (χ0v) is 26.7. The Kier molecular flexibility index (Phi) is 5.62. The fourth-order valence-electron chi connectivity index (χ4n) is 6.12. The van der Waals surface area contributed by atoms with Crippen LogP contribution in [0.4, 0.5) is 0 Å². The van der Waals surface area contributed by atoms with E-state index in [-0.39, 0.29) is 63.4 Å². The lowest BCUT2D eigenvalue weighted by Gasteiger charge is -2.11. The lowest BCUT2D eigenvalue weighted by Crippen LogP contribution is -1.97. The van der Waals surface area contributed by atoms with Crippen LogP contribution in [0.5, 0.6) is 0 Å². The van der Waals surface area contributed by atoms with Crippen molar-refractivity contribution in [3.05, 3.63) is 163 Å². The highest BCUT2D eigenvalue weighted by Gasteiger charge is 2.15. The Morgan fingerprint density at radius 2 is 1.19 bits per heavy atom. The van der Waals surface area contributed by atoms with Gasteiger partial charge in [0.1, 0.15) is 0 Å². The summed E-state index contributed by atoms with van der Waals surface area (Å²) in [5, 5.41) is 2.44. The molecule has 5 heteroatoms. The van der Waals surface area contributed by atoms with Crippen LogP contribution in [0.3, 0.4) is 0 Å². The molecule has 0 unspecified atom stereocenters. The van der Waals surface area contributed by atoms with Crippen LogP contribution in [-0.2, 0) is 0 Å². The maximum absolute atomic E-state index is 9.41. The van der Waals surface area contributed by atoms with Crippen LogP contribution in [0.2, 0.25) is 5.28 Å². The monoisotopic (exact) mass is 657 g/mol. The van der Waals surface area contributed by atoms with Crippen molar-refractivity contribution in [2.75, 3.05) is 0 Å². The van der Waals surface area contributed by atoms with Crippen molar-refractivity contribution in [2.45, 2.75) is 0 Å². The van der Waals surface area contributed by atoms with Crippen LogP contribution >= 0.6 is 22.9 Å². The van der Waals surface area contributed by atoms with Crippen LogP contribution in [0.1, 0.15) is 8.22 Å². The Bertz CT molecular complexity index is 2970. The quantitative estimate of drug-likeness (QED) is 0.185. The average Bonchev–Trinajstić information content (AvgIpc) is 3.58. The summed E-state index contributed by atoms with van der Waals surface area (Å²) < 4.78 is 55.7. The number of hydrogen-bond acceptors (Lipinski definition) is 4. The first-order chi connectivity index (χ1) is 26.2. The Hall–Kier alpha value is -5.68. The molecule has 2 aromatic heterocycles. The fourth-order valence-corrected chi connectivity index (χ4v) is 7.39. The lowest BCUT2D eigenvalue weighted by molar-refractivity contribution is 1.07. The van der Waals surface area contributed by atoms with Gasteiger partial charge in [-0.15, -0.1) is 11.3 Å². The SMILES string of the molecule is [2H]c1c([2H])c(-c2ccccc2)c2c([2H])c(-c3cccc(-c4nc(Cl)nc(-c5ccc6sc7cccc(-c8ccccc8)c7c6c5)n4)c3)c([2H])c([2H])c2c1[2H]. The third-order valence-corrected chi connectivity index (χ3v) is 9.66. The van der Waals surface area contributed by atoms with E-state index in [0.29, 0.717) is 28.3 Å². The summed E-state index contributed by atoms with van der Waals surface area (Å²) in [5.74, 6) is 0.683. The summed E-state index contributed by atoms with van der Waals surface area (Å²) in [6.45, 7) is 0. The van der Waals surface area contributed by atoms with E-state index in [0.717, 1.165) is 32.2 Å². The van der Waals surface area contributed by atoms with Crippen molar-refractivity contribution in [1.82, 2.24) is 15.0 Å². The second-order valence-electron chi connectivity index (χ2n) is 11.3. The number of hydrogen-bond donors (Lipinski definition) is 0. The van der Waals surface area contributed by atoms with Gasteiger partial charge in [-0.2, -0.15) is 9.97 Å². The van der Waals surface area contributed by atoms with Crippen LogP contribution in [0, 0.1) is 0 Å². The third-order valence-electron chi connectivity index (χ3n) is 8.36. The number of aromatic nitrogens is 3. The molecule has 0 atom stereocenters. The minimum Gasteiger partial charge on any atom is -0.208 e. The zero-order chi connectivity index (χ0) is 37.2. The maximum Gasteiger partial charge on any atom is 0.226 e. The Labute approximate surface area is 295 Å². The molecule has 0 saturated heterocycles. The molecule has 2 heterocycles. The van der Waals surface area contributed by atoms with Crippen LogP contribution < -0.4 is 0 Å². The van der Waals surface area contributed by atoms with Gasteiger partial charge in [-0.05, 0) is 92.1 Å². The van der Waals surface area contributed by atoms with Crippen molar-refractivity contribution in [3.8, 4) is 56.2 Å². The van der Waals surface area contributed by atoms with Gasteiger partial charge in [0.05, 0.1) is 8.22 Å². The van der Waals surface area contributed by atoms with Gasteiger partial charge in [0, 0.05) is 31.3 Å². The van der Waals surface area contributed by atoms with Crippen LogP contribution in [0.25, 0.3) is 87.1 Å². The fraction of sp³-hybridized carbons (Fsp3) is 0. The third kappa shape index (κ3) is 5.12. The molecule has 0 bridgehead atoms. The van der Waals surface area contributed by atoms with E-state index < -0.39 is 0 Å². The number of nitrogens with zero attached hydrogens (tertiary/aromatic N) is 3. The van der Waals surface area contributed by atoms with Gasteiger partial charge in [0.2, 0.25) is 5.28 Å². The first kappa shape index (κ1) is 22.8. The standard InChI is InChI=1S/C43H26ClN3S/c44-43-46-41(32-16-7-15-30(24-32)31-21-20-29-14-8-17-34(36(29)25-31)27-10-3-1-4-11-27)45-42(47-43)33-22-23-38-37(26-33)40-35(18-9-19-39(40)48-38)28-12-5-2-6-13-28/h1-26H/i8D,14D,17D,20D,21D,25D. The molecule has 0 radical (unpaired) electrons. The summed E-state index contributed by atoms with van der Waals surface area (Å²) in [6.07, 6.45) is 0. The Morgan fingerprint density at radius 1 is 0.500 bits per heavy atom. The van der Waals surface area contributed by atoms with E-state index in [4.69, 9.17) is 23.4 Å². The van der Waals surface area contributed by atoms with Gasteiger partial charge < -0.3 is 0 Å². The number of benzene rings is 7. The molecule has 0 aliphatic heterocycles. The molecule has 48 heavy (non-hydrogen) atoms. The van der Waals surface area contributed by atoms with E-state index in [2.05, 4.69) is 52.4 Å². The van der Waals surface area contributed by atoms with Crippen LogP contribution in [-0.4, -0.2) is 15.0 Å². The van der Waals surface area contributed by atoms with E-state index >= 15 is 0 Å². The molecule has 9 rings (SSSR count). The summed E-state index contributed by atoms with van der Waals surface area (Å²) in [4.78, 5) is 13.8. The Balaban J connectivity index is 1.19. The minimum absolute atomic E-state index is 0.00454. The lowest BCUT2D eigenvalue weighted by atomic mass is 9.94. The highest BCUT2D eigenvalue weighted by molar-refractivity contribution is 7.26. The van der Waals surface area contributed by atoms with Gasteiger partial charge in [0.25, 0.3) is 0 Å². The highest BCUT2D eigenvalue weighted by atomic mass is 35.5. The number of rotatable bonds is 5. The number of halogens is 1. The molecular weight excluding hydrogens is 626 g/mol. The Morgan fingerprint density at radius 3 is 1.98 bits per heavy atom. The van der Waals surface area contributed by atoms with Gasteiger partial charge in [0.15, 0.2) is 11.6 Å². The zero-order valence-electron chi connectivity index (χ0n) is 31.2. The summed E-state index contributed by atoms with van der Waals surface area (Å²) in [5.41, 5.74) is 5.09. The first-order valence-corrected chi connectivity index (χ1v) is 16.5. The molecule has 226 valence electrons. The number of fused-ring (bicyclic) bond motifs is 4. The molecule has 7 aromatic carbocycles. The second kappa shape index (κ2) is 11.8. The highest BCUT2D eigenvalue weighted by Crippen LogP contribution is 2.41. The molecule has 3 nitrogen and oxygen atoms in total. The largest absolute Gasteiger partial charge is 0.226 e. The van der Waals surface area contributed by atoms with Crippen molar-refractivity contribution >= 4 is 53.9 Å². The van der Waals surface area contributed by atoms with Crippen molar-refractivity contribution in [1.29, 1.82) is 0 Å². The molecule has 9 aromatic rings. The molecule has 0 amide bonds. The van der Waals surface area contributed by atoms with E-state index in [1.807, 2.05) is 36.4 Å². The van der Waals surface area contributed by atoms with Gasteiger partial charge in [-0.25, -0.2) is 4.98 Å². The van der Waals surface area contributed by atoms with Crippen molar-refractivity contribution in [3.63, 3.8) is 0 Å². The molecule has 0 fully saturated rings. The maximum atomic E-state index is 9.41. The van der Waals surface area contributed by atoms with Gasteiger partial charge in [-0.3, -0.25) is 0 Å². The summed E-state index contributed by atoms with van der Waals surface area (Å²) in [6, 6.07) is 37.3. The van der Waals surface area contributed by atoms with Gasteiger partial charge in [-0.1, -0.05) is 121 Å². The van der Waals surface area contributed by atoms with Gasteiger partial charge >= 0.3 is 0 Å². The minimum atomic E-state index is -0.353. The topological polar surface area (TPSA) is 38.7 Å².